The first kappa shape index (κ1) is 12.5. The van der Waals surface area contributed by atoms with Crippen LogP contribution in [0, 0.1) is 12.3 Å². The fourth-order valence-corrected chi connectivity index (χ4v) is 1.10. The normalized spacial score (nSPS) is 15.4. The van der Waals surface area contributed by atoms with E-state index in [1.54, 1.807) is 0 Å². The average Bonchev–Trinajstić information content (AvgIpc) is 2.00. The first-order chi connectivity index (χ1) is 5.98. The minimum absolute atomic E-state index is 0.475. The molecule has 2 N–H and O–H groups in total. The van der Waals surface area contributed by atoms with E-state index in [1.807, 2.05) is 6.92 Å². The van der Waals surface area contributed by atoms with Crippen LogP contribution in [0.1, 0.15) is 40.0 Å². The van der Waals surface area contributed by atoms with Gasteiger partial charge in [0.2, 0.25) is 0 Å². The summed E-state index contributed by atoms with van der Waals surface area (Å²) < 4.78 is 0. The second-order valence-electron chi connectivity index (χ2n) is 4.06. The summed E-state index contributed by atoms with van der Waals surface area (Å²) in [5.41, 5.74) is -0.617. The van der Waals surface area contributed by atoms with E-state index < -0.39 is 5.60 Å². The Morgan fingerprint density at radius 1 is 1.46 bits per heavy atom. The van der Waals surface area contributed by atoms with Gasteiger partial charge in [-0.05, 0) is 26.3 Å². The van der Waals surface area contributed by atoms with Crippen molar-refractivity contribution in [1.29, 1.82) is 0 Å². The Bertz CT molecular complexity index is 167. The molecule has 0 fully saturated rings. The highest BCUT2D eigenvalue weighted by Crippen LogP contribution is 2.15. The Morgan fingerprint density at radius 3 is 2.54 bits per heavy atom. The van der Waals surface area contributed by atoms with Crippen molar-refractivity contribution in [3.8, 4) is 12.3 Å². The van der Waals surface area contributed by atoms with Crippen LogP contribution in [-0.2, 0) is 0 Å². The maximum Gasteiger partial charge on any atom is 0.0641 e. The zero-order valence-corrected chi connectivity index (χ0v) is 8.93. The summed E-state index contributed by atoms with van der Waals surface area (Å²) in [7, 11) is 0. The largest absolute Gasteiger partial charge is 0.390 e. The van der Waals surface area contributed by atoms with Crippen LogP contribution in [0.4, 0.5) is 0 Å². The third-order valence-electron chi connectivity index (χ3n) is 2.02. The lowest BCUT2D eigenvalue weighted by molar-refractivity contribution is 0.0434. The standard InChI is InChI=1S/C11H21NO/c1-5-6-7-11(4,13)8-9-12-10(2)3/h1,10,12-13H,6-9H2,2-4H3. The van der Waals surface area contributed by atoms with Gasteiger partial charge in [0.05, 0.1) is 5.60 Å². The lowest BCUT2D eigenvalue weighted by Gasteiger charge is -2.22. The highest BCUT2D eigenvalue weighted by Gasteiger charge is 2.18. The quantitative estimate of drug-likeness (QED) is 0.612. The van der Waals surface area contributed by atoms with E-state index >= 15 is 0 Å². The molecule has 0 amide bonds. The Hall–Kier alpha value is -0.520. The number of nitrogens with one attached hydrogen (secondary N) is 1. The summed E-state index contributed by atoms with van der Waals surface area (Å²) in [5.74, 6) is 2.54. The van der Waals surface area contributed by atoms with Crippen LogP contribution in [0.3, 0.4) is 0 Å². The summed E-state index contributed by atoms with van der Waals surface area (Å²) >= 11 is 0. The molecule has 13 heavy (non-hydrogen) atoms. The van der Waals surface area contributed by atoms with Gasteiger partial charge in [-0.1, -0.05) is 13.8 Å². The first-order valence-electron chi connectivity index (χ1n) is 4.87. The highest BCUT2D eigenvalue weighted by atomic mass is 16.3. The second-order valence-corrected chi connectivity index (χ2v) is 4.06. The number of hydrogen-bond donors (Lipinski definition) is 2. The van der Waals surface area contributed by atoms with Crippen molar-refractivity contribution in [2.24, 2.45) is 0 Å². The molecule has 0 aliphatic rings. The van der Waals surface area contributed by atoms with Crippen LogP contribution >= 0.6 is 0 Å². The molecule has 0 saturated heterocycles. The zero-order chi connectivity index (χ0) is 10.3. The van der Waals surface area contributed by atoms with Gasteiger partial charge in [-0.2, -0.15) is 0 Å². The maximum absolute atomic E-state index is 9.82. The van der Waals surface area contributed by atoms with Crippen LogP contribution < -0.4 is 5.32 Å². The summed E-state index contributed by atoms with van der Waals surface area (Å²) in [6.07, 6.45) is 7.22. The molecule has 0 rings (SSSR count). The molecule has 0 bridgehead atoms. The maximum atomic E-state index is 9.82. The van der Waals surface area contributed by atoms with Gasteiger partial charge in [0.15, 0.2) is 0 Å². The van der Waals surface area contributed by atoms with Crippen LogP contribution in [-0.4, -0.2) is 23.3 Å². The molecule has 1 unspecified atom stereocenters. The minimum Gasteiger partial charge on any atom is -0.390 e. The Kier molecular flexibility index (Phi) is 5.77. The van der Waals surface area contributed by atoms with Gasteiger partial charge in [-0.25, -0.2) is 0 Å². The molecule has 0 radical (unpaired) electrons. The van der Waals surface area contributed by atoms with Crippen LogP contribution in [0.15, 0.2) is 0 Å². The molecule has 2 nitrogen and oxygen atoms in total. The third-order valence-corrected chi connectivity index (χ3v) is 2.02. The van der Waals surface area contributed by atoms with Crippen molar-refractivity contribution in [2.75, 3.05) is 6.54 Å². The van der Waals surface area contributed by atoms with E-state index in [4.69, 9.17) is 6.42 Å². The SMILES string of the molecule is C#CCCC(C)(O)CCNC(C)C. The Morgan fingerprint density at radius 2 is 2.08 bits per heavy atom. The van der Waals surface area contributed by atoms with Crippen LogP contribution in [0.5, 0.6) is 0 Å². The number of terminal acetylenes is 1. The number of hydrogen-bond acceptors (Lipinski definition) is 2. The molecule has 0 aromatic heterocycles. The fraction of sp³-hybridized carbons (Fsp3) is 0.818. The lowest BCUT2D eigenvalue weighted by atomic mass is 9.96. The first-order valence-corrected chi connectivity index (χ1v) is 4.87. The highest BCUT2D eigenvalue weighted by molar-refractivity contribution is 4.87. The van der Waals surface area contributed by atoms with Crippen molar-refractivity contribution >= 4 is 0 Å². The summed E-state index contributed by atoms with van der Waals surface area (Å²) in [6.45, 7) is 6.87. The van der Waals surface area contributed by atoms with Crippen LogP contribution in [0.2, 0.25) is 0 Å². The van der Waals surface area contributed by atoms with Gasteiger partial charge < -0.3 is 10.4 Å². The summed E-state index contributed by atoms with van der Waals surface area (Å²) in [6, 6.07) is 0.475. The monoisotopic (exact) mass is 183 g/mol. The smallest absolute Gasteiger partial charge is 0.0641 e. The van der Waals surface area contributed by atoms with Crippen molar-refractivity contribution in [3.05, 3.63) is 0 Å². The molecule has 0 heterocycles. The van der Waals surface area contributed by atoms with Crippen molar-refractivity contribution in [2.45, 2.75) is 51.7 Å². The molecule has 2 heteroatoms. The van der Waals surface area contributed by atoms with Crippen molar-refractivity contribution in [3.63, 3.8) is 0 Å². The van der Waals surface area contributed by atoms with Gasteiger partial charge in [-0.15, -0.1) is 12.3 Å². The van der Waals surface area contributed by atoms with Crippen molar-refractivity contribution < 1.29 is 5.11 Å². The topological polar surface area (TPSA) is 32.3 Å². The average molecular weight is 183 g/mol. The predicted octanol–water partition coefficient (Wildman–Crippen LogP) is 1.54. The molecular weight excluding hydrogens is 162 g/mol. The van der Waals surface area contributed by atoms with Gasteiger partial charge in [0, 0.05) is 12.5 Å². The molecule has 1 atom stereocenters. The van der Waals surface area contributed by atoms with Crippen LogP contribution in [0.25, 0.3) is 0 Å². The van der Waals surface area contributed by atoms with Gasteiger partial charge in [0.1, 0.15) is 0 Å². The molecule has 0 aliphatic carbocycles. The molecule has 0 spiro atoms. The molecule has 0 aliphatic heterocycles. The Balaban J connectivity index is 3.57. The van der Waals surface area contributed by atoms with E-state index in [2.05, 4.69) is 25.1 Å². The minimum atomic E-state index is -0.617. The molecule has 0 aromatic carbocycles. The molecule has 76 valence electrons. The van der Waals surface area contributed by atoms with E-state index in [0.29, 0.717) is 18.9 Å². The van der Waals surface area contributed by atoms with E-state index in [9.17, 15) is 5.11 Å². The van der Waals surface area contributed by atoms with Gasteiger partial charge in [0.25, 0.3) is 0 Å². The number of aliphatic hydroxyl groups is 1. The fourth-order valence-electron chi connectivity index (χ4n) is 1.10. The predicted molar refractivity (Wildman–Crippen MR) is 56.4 cm³/mol. The lowest BCUT2D eigenvalue weighted by Crippen LogP contribution is -2.32. The summed E-state index contributed by atoms with van der Waals surface area (Å²) in [4.78, 5) is 0. The third kappa shape index (κ3) is 7.83. The zero-order valence-electron chi connectivity index (χ0n) is 8.93. The second kappa shape index (κ2) is 6.01. The molecule has 0 saturated carbocycles. The van der Waals surface area contributed by atoms with E-state index in [-0.39, 0.29) is 0 Å². The summed E-state index contributed by atoms with van der Waals surface area (Å²) in [5, 5.41) is 13.1. The van der Waals surface area contributed by atoms with Gasteiger partial charge >= 0.3 is 0 Å². The van der Waals surface area contributed by atoms with E-state index in [0.717, 1.165) is 13.0 Å². The van der Waals surface area contributed by atoms with Gasteiger partial charge in [-0.3, -0.25) is 0 Å². The Labute approximate surface area is 81.7 Å². The molecule has 0 aromatic rings. The van der Waals surface area contributed by atoms with Crippen molar-refractivity contribution in [1.82, 2.24) is 5.32 Å². The number of rotatable bonds is 6. The van der Waals surface area contributed by atoms with E-state index in [1.165, 1.54) is 0 Å². The molecular formula is C11H21NO.